The zero-order valence-electron chi connectivity index (χ0n) is 10.8. The summed E-state index contributed by atoms with van der Waals surface area (Å²) in [5.41, 5.74) is -0.420. The van der Waals surface area contributed by atoms with Gasteiger partial charge in [-0.3, -0.25) is 0 Å². The highest BCUT2D eigenvalue weighted by atomic mass is 28.3. The number of nitrogens with zero attached hydrogens (tertiary/aromatic N) is 1. The van der Waals surface area contributed by atoms with Crippen LogP contribution in [-0.2, 0) is 0 Å². The van der Waals surface area contributed by atoms with Gasteiger partial charge in [-0.05, 0) is 11.3 Å². The summed E-state index contributed by atoms with van der Waals surface area (Å²) in [6, 6.07) is 3.46. The van der Waals surface area contributed by atoms with Gasteiger partial charge in [0.1, 0.15) is 0 Å². The van der Waals surface area contributed by atoms with Crippen molar-refractivity contribution in [1.82, 2.24) is 4.98 Å². The Kier molecular flexibility index (Phi) is 4.56. The summed E-state index contributed by atoms with van der Waals surface area (Å²) in [6.07, 6.45) is 0. The first-order valence-corrected chi connectivity index (χ1v) is 8.63. The van der Waals surface area contributed by atoms with E-state index in [9.17, 15) is 13.6 Å². The molecule has 1 N–H and O–H groups in total. The summed E-state index contributed by atoms with van der Waals surface area (Å²) in [5, 5.41) is 9.12. The van der Waals surface area contributed by atoms with Crippen molar-refractivity contribution < 1.29 is 18.7 Å². The normalized spacial score (nSPS) is 11.6. The SMILES string of the molecule is CC[Si](CC)(CC)c1cc(C(=O)O)nc(F)c1F. The monoisotopic (exact) mass is 273 g/mol. The van der Waals surface area contributed by atoms with E-state index >= 15 is 0 Å². The lowest BCUT2D eigenvalue weighted by atomic mass is 10.3. The fraction of sp³-hybridized carbons (Fsp3) is 0.500. The van der Waals surface area contributed by atoms with Crippen molar-refractivity contribution in [2.75, 3.05) is 0 Å². The third kappa shape index (κ3) is 2.43. The van der Waals surface area contributed by atoms with Crippen LogP contribution in [0.5, 0.6) is 0 Å². The first-order chi connectivity index (χ1) is 8.41. The molecular weight excluding hydrogens is 256 g/mol. The largest absolute Gasteiger partial charge is 0.477 e. The first kappa shape index (κ1) is 14.8. The molecule has 0 amide bonds. The lowest BCUT2D eigenvalue weighted by molar-refractivity contribution is 0.0689. The van der Waals surface area contributed by atoms with Crippen molar-refractivity contribution >= 4 is 19.2 Å². The van der Waals surface area contributed by atoms with Crippen LogP contribution in [0.15, 0.2) is 6.07 Å². The Morgan fingerprint density at radius 2 is 1.78 bits per heavy atom. The third-order valence-corrected chi connectivity index (χ3v) is 9.31. The quantitative estimate of drug-likeness (QED) is 0.663. The molecule has 0 unspecified atom stereocenters. The van der Waals surface area contributed by atoms with Crippen LogP contribution in [-0.4, -0.2) is 24.1 Å². The lowest BCUT2D eigenvalue weighted by Crippen LogP contribution is -2.48. The van der Waals surface area contributed by atoms with Crippen molar-refractivity contribution in [3.8, 4) is 0 Å². The summed E-state index contributed by atoms with van der Waals surface area (Å²) in [6.45, 7) is 5.83. The Balaban J connectivity index is 3.51. The minimum Gasteiger partial charge on any atom is -0.477 e. The smallest absolute Gasteiger partial charge is 0.354 e. The maximum atomic E-state index is 13.9. The van der Waals surface area contributed by atoms with Crippen molar-refractivity contribution in [1.29, 1.82) is 0 Å². The van der Waals surface area contributed by atoms with Crippen molar-refractivity contribution in [3.05, 3.63) is 23.5 Å². The number of hydrogen-bond acceptors (Lipinski definition) is 2. The molecule has 1 heterocycles. The molecule has 1 aromatic rings. The van der Waals surface area contributed by atoms with Gasteiger partial charge in [0.05, 0.1) is 8.07 Å². The molecule has 0 aliphatic heterocycles. The van der Waals surface area contributed by atoms with Crippen LogP contribution >= 0.6 is 0 Å². The number of aromatic nitrogens is 1. The number of pyridine rings is 1. The number of carboxylic acid groups (broad SMARTS) is 1. The Hall–Kier alpha value is -1.30. The summed E-state index contributed by atoms with van der Waals surface area (Å²) >= 11 is 0. The van der Waals surface area contributed by atoms with Crippen LogP contribution in [0.1, 0.15) is 31.3 Å². The van der Waals surface area contributed by atoms with E-state index in [1.54, 1.807) is 0 Å². The highest BCUT2D eigenvalue weighted by molar-refractivity contribution is 6.91. The predicted molar refractivity (Wildman–Crippen MR) is 67.9 cm³/mol. The second-order valence-corrected chi connectivity index (χ2v) is 9.53. The highest BCUT2D eigenvalue weighted by Gasteiger charge is 2.34. The fourth-order valence-electron chi connectivity index (χ4n) is 2.32. The standard InChI is InChI=1S/C12H17F2NO2Si/c1-4-18(5-2,6-3)9-7-8(12(16)17)15-11(14)10(9)13/h7H,4-6H2,1-3H3,(H,16,17). The summed E-state index contributed by atoms with van der Waals surface area (Å²) in [5.74, 6) is -3.62. The molecular formula is C12H17F2NO2Si. The van der Waals surface area contributed by atoms with Gasteiger partial charge in [-0.25, -0.2) is 14.2 Å². The van der Waals surface area contributed by atoms with Crippen molar-refractivity contribution in [3.63, 3.8) is 0 Å². The predicted octanol–water partition coefficient (Wildman–Crippen LogP) is 2.77. The molecule has 1 aromatic heterocycles. The van der Waals surface area contributed by atoms with Gasteiger partial charge in [-0.2, -0.15) is 4.39 Å². The van der Waals surface area contributed by atoms with Crippen LogP contribution in [0.25, 0.3) is 0 Å². The Morgan fingerprint density at radius 3 is 2.17 bits per heavy atom. The molecule has 100 valence electrons. The molecule has 0 saturated carbocycles. The average Bonchev–Trinajstić information content (AvgIpc) is 2.36. The van der Waals surface area contributed by atoms with E-state index in [1.807, 2.05) is 20.8 Å². The van der Waals surface area contributed by atoms with Gasteiger partial charge in [0.15, 0.2) is 11.5 Å². The van der Waals surface area contributed by atoms with E-state index in [4.69, 9.17) is 5.11 Å². The molecule has 18 heavy (non-hydrogen) atoms. The Bertz CT molecular complexity index is 453. The van der Waals surface area contributed by atoms with Crippen molar-refractivity contribution in [2.45, 2.75) is 38.9 Å². The zero-order valence-corrected chi connectivity index (χ0v) is 11.8. The molecule has 0 spiro atoms. The third-order valence-electron chi connectivity index (χ3n) is 3.74. The average molecular weight is 273 g/mol. The molecule has 0 aliphatic carbocycles. The van der Waals surface area contributed by atoms with Crippen molar-refractivity contribution in [2.24, 2.45) is 0 Å². The van der Waals surface area contributed by atoms with E-state index in [0.717, 1.165) is 18.1 Å². The Labute approximate surface area is 106 Å². The topological polar surface area (TPSA) is 50.2 Å². The van der Waals surface area contributed by atoms with Gasteiger partial charge in [0, 0.05) is 0 Å². The van der Waals surface area contributed by atoms with Gasteiger partial charge in [0.25, 0.3) is 0 Å². The Morgan fingerprint density at radius 1 is 1.28 bits per heavy atom. The summed E-state index contributed by atoms with van der Waals surface area (Å²) < 4.78 is 27.3. The van der Waals surface area contributed by atoms with Crippen LogP contribution in [0.3, 0.4) is 0 Å². The number of aromatic carboxylic acids is 1. The number of halogens is 2. The maximum absolute atomic E-state index is 13.9. The van der Waals surface area contributed by atoms with E-state index in [1.165, 1.54) is 6.07 Å². The summed E-state index contributed by atoms with van der Waals surface area (Å²) in [7, 11) is -2.17. The van der Waals surface area contributed by atoms with Crippen LogP contribution in [0.4, 0.5) is 8.78 Å². The first-order valence-electron chi connectivity index (χ1n) is 6.01. The number of hydrogen-bond donors (Lipinski definition) is 1. The van der Waals surface area contributed by atoms with Gasteiger partial charge < -0.3 is 5.11 Å². The summed E-state index contributed by atoms with van der Waals surface area (Å²) in [4.78, 5) is 14.0. The molecule has 3 nitrogen and oxygen atoms in total. The number of carboxylic acids is 1. The van der Waals surface area contributed by atoms with Gasteiger partial charge in [-0.15, -0.1) is 0 Å². The molecule has 0 atom stereocenters. The van der Waals surface area contributed by atoms with Crippen LogP contribution in [0, 0.1) is 11.8 Å². The van der Waals surface area contributed by atoms with Gasteiger partial charge >= 0.3 is 5.97 Å². The minimum atomic E-state index is -2.17. The molecule has 0 aromatic carbocycles. The molecule has 1 rings (SSSR count). The maximum Gasteiger partial charge on any atom is 0.354 e. The molecule has 0 saturated heterocycles. The zero-order chi connectivity index (χ0) is 13.9. The highest BCUT2D eigenvalue weighted by Crippen LogP contribution is 2.22. The van der Waals surface area contributed by atoms with Crippen LogP contribution < -0.4 is 5.19 Å². The lowest BCUT2D eigenvalue weighted by Gasteiger charge is -2.29. The second kappa shape index (κ2) is 5.56. The van der Waals surface area contributed by atoms with Crippen LogP contribution in [0.2, 0.25) is 18.1 Å². The number of carbonyl (C=O) groups is 1. The fourth-order valence-corrected chi connectivity index (χ4v) is 5.97. The molecule has 0 aliphatic rings. The second-order valence-electron chi connectivity index (χ2n) is 4.31. The van der Waals surface area contributed by atoms with Gasteiger partial charge in [-0.1, -0.05) is 38.9 Å². The van der Waals surface area contributed by atoms with E-state index in [2.05, 4.69) is 4.98 Å². The van der Waals surface area contributed by atoms with E-state index in [-0.39, 0.29) is 5.19 Å². The van der Waals surface area contributed by atoms with Gasteiger partial charge in [0.2, 0.25) is 5.95 Å². The van der Waals surface area contributed by atoms with E-state index in [0.29, 0.717) is 0 Å². The van der Waals surface area contributed by atoms with E-state index < -0.39 is 31.5 Å². The molecule has 0 bridgehead atoms. The minimum absolute atomic E-state index is 0.250. The molecule has 6 heteroatoms. The molecule has 0 radical (unpaired) electrons. The number of rotatable bonds is 5. The molecule has 0 fully saturated rings.